The molecule has 6 nitrogen and oxygen atoms in total. The van der Waals surface area contributed by atoms with Crippen LogP contribution in [0.3, 0.4) is 0 Å². The van der Waals surface area contributed by atoms with Gasteiger partial charge in [-0.2, -0.15) is 0 Å². The van der Waals surface area contributed by atoms with Gasteiger partial charge in [0.25, 0.3) is 0 Å². The normalized spacial score (nSPS) is 13.2. The Balaban J connectivity index is 3.10. The van der Waals surface area contributed by atoms with E-state index in [1.807, 2.05) is 30.3 Å². The quantitative estimate of drug-likeness (QED) is 0.362. The zero-order chi connectivity index (χ0) is 19.4. The van der Waals surface area contributed by atoms with Gasteiger partial charge in [0.05, 0.1) is 25.0 Å². The first-order chi connectivity index (χ1) is 12.5. The molecule has 0 saturated carbocycles. The van der Waals surface area contributed by atoms with E-state index >= 15 is 0 Å². The van der Waals surface area contributed by atoms with Crippen LogP contribution in [0.5, 0.6) is 0 Å². The van der Waals surface area contributed by atoms with Crippen molar-refractivity contribution < 1.29 is 23.8 Å². The molecule has 0 aliphatic rings. The smallest absolute Gasteiger partial charge is 0.398 e. The number of rotatable bonds is 10. The Bertz CT molecular complexity index is 663. The van der Waals surface area contributed by atoms with E-state index in [2.05, 4.69) is 4.85 Å². The van der Waals surface area contributed by atoms with Crippen molar-refractivity contribution in [2.45, 2.75) is 45.8 Å². The van der Waals surface area contributed by atoms with Crippen LogP contribution < -0.4 is 0 Å². The summed E-state index contributed by atoms with van der Waals surface area (Å²) in [5.41, 5.74) is -0.433. The van der Waals surface area contributed by atoms with Gasteiger partial charge in [0.2, 0.25) is 0 Å². The third-order valence-electron chi connectivity index (χ3n) is 3.74. The van der Waals surface area contributed by atoms with Crippen molar-refractivity contribution in [2.75, 3.05) is 13.2 Å². The third-order valence-corrected chi connectivity index (χ3v) is 3.74. The van der Waals surface area contributed by atoms with E-state index in [9.17, 15) is 9.59 Å². The van der Waals surface area contributed by atoms with Crippen LogP contribution in [0.1, 0.15) is 39.2 Å². The van der Waals surface area contributed by atoms with Crippen molar-refractivity contribution in [3.8, 4) is 0 Å². The minimum atomic E-state index is -1.77. The second-order valence-corrected chi connectivity index (χ2v) is 5.47. The van der Waals surface area contributed by atoms with E-state index in [-0.39, 0.29) is 13.2 Å². The predicted octanol–water partition coefficient (Wildman–Crippen LogP) is 3.67. The first-order valence-corrected chi connectivity index (χ1v) is 8.60. The number of benzene rings is 1. The topological polar surface area (TPSA) is 66.2 Å². The summed E-state index contributed by atoms with van der Waals surface area (Å²) in [5.74, 6) is -1.39. The number of carbonyl (C=O) groups excluding carboxylic acids is 2. The third kappa shape index (κ3) is 5.62. The zero-order valence-corrected chi connectivity index (χ0v) is 15.5. The predicted molar refractivity (Wildman–Crippen MR) is 96.8 cm³/mol. The number of carbonyl (C=O) groups is 2. The molecule has 0 saturated heterocycles. The lowest BCUT2D eigenvalue weighted by Gasteiger charge is -2.21. The molecule has 0 aliphatic carbocycles. The molecule has 0 fully saturated rings. The van der Waals surface area contributed by atoms with E-state index in [0.717, 1.165) is 5.56 Å². The highest BCUT2D eigenvalue weighted by molar-refractivity contribution is 5.92. The van der Waals surface area contributed by atoms with E-state index in [1.54, 1.807) is 20.8 Å². The molecule has 1 unspecified atom stereocenters. The molecule has 0 aliphatic heterocycles. The average Bonchev–Trinajstić information content (AvgIpc) is 2.65. The van der Waals surface area contributed by atoms with Crippen LogP contribution in [0.25, 0.3) is 4.85 Å². The Labute approximate surface area is 154 Å². The summed E-state index contributed by atoms with van der Waals surface area (Å²) in [5, 5.41) is 0. The van der Waals surface area contributed by atoms with Crippen LogP contribution in [0.15, 0.2) is 42.2 Å². The maximum absolute atomic E-state index is 12.5. The number of hydrogen-bond acceptors (Lipinski definition) is 5. The van der Waals surface area contributed by atoms with Gasteiger partial charge in [0, 0.05) is 0 Å². The summed E-state index contributed by atoms with van der Waals surface area (Å²) >= 11 is 0. The molecule has 1 aromatic rings. The van der Waals surface area contributed by atoms with Crippen LogP contribution in [-0.4, -0.2) is 30.7 Å². The van der Waals surface area contributed by atoms with Gasteiger partial charge in [-0.05, 0) is 25.8 Å². The molecule has 1 rings (SSSR count). The van der Waals surface area contributed by atoms with Gasteiger partial charge < -0.3 is 14.2 Å². The summed E-state index contributed by atoms with van der Waals surface area (Å²) < 4.78 is 15.6. The van der Waals surface area contributed by atoms with Crippen LogP contribution in [0, 0.1) is 6.57 Å². The van der Waals surface area contributed by atoms with E-state index in [0.29, 0.717) is 18.6 Å². The second-order valence-electron chi connectivity index (χ2n) is 5.47. The molecule has 0 bridgehead atoms. The van der Waals surface area contributed by atoms with Gasteiger partial charge in [0.1, 0.15) is 13.0 Å². The summed E-state index contributed by atoms with van der Waals surface area (Å²) in [4.78, 5) is 28.0. The highest BCUT2D eigenvalue weighted by Crippen LogP contribution is 2.31. The van der Waals surface area contributed by atoms with Crippen molar-refractivity contribution in [2.24, 2.45) is 0 Å². The summed E-state index contributed by atoms with van der Waals surface area (Å²) in [6.07, 6.45) is 1.34. The minimum Gasteiger partial charge on any atom is -0.496 e. The lowest BCUT2D eigenvalue weighted by Crippen LogP contribution is -2.41. The Morgan fingerprint density at radius 3 is 2.31 bits per heavy atom. The lowest BCUT2D eigenvalue weighted by molar-refractivity contribution is -0.153. The Morgan fingerprint density at radius 2 is 1.77 bits per heavy atom. The molecule has 26 heavy (non-hydrogen) atoms. The molecule has 6 heteroatoms. The minimum absolute atomic E-state index is 0.112. The van der Waals surface area contributed by atoms with Gasteiger partial charge in [0.15, 0.2) is 0 Å². The molecule has 0 radical (unpaired) electrons. The van der Waals surface area contributed by atoms with Crippen molar-refractivity contribution in [1.29, 1.82) is 0 Å². The van der Waals surface area contributed by atoms with E-state index in [4.69, 9.17) is 20.8 Å². The van der Waals surface area contributed by atoms with Crippen LogP contribution in [-0.2, 0) is 30.4 Å². The Kier molecular flexibility index (Phi) is 8.93. The fraction of sp³-hybridized carbons (Fsp3) is 0.450. The highest BCUT2D eigenvalue weighted by Gasteiger charge is 2.53. The first kappa shape index (κ1) is 21.2. The van der Waals surface area contributed by atoms with Crippen molar-refractivity contribution in [1.82, 2.24) is 0 Å². The fourth-order valence-corrected chi connectivity index (χ4v) is 2.43. The van der Waals surface area contributed by atoms with Crippen molar-refractivity contribution in [3.63, 3.8) is 0 Å². The van der Waals surface area contributed by atoms with Crippen LogP contribution in [0.4, 0.5) is 0 Å². The lowest BCUT2D eigenvalue weighted by atomic mass is 9.86. The summed E-state index contributed by atoms with van der Waals surface area (Å²) in [6.45, 7) is 13.3. The molecule has 140 valence electrons. The number of ether oxygens (including phenoxy) is 3. The maximum atomic E-state index is 12.5. The van der Waals surface area contributed by atoms with Crippen LogP contribution >= 0.6 is 0 Å². The average molecular weight is 359 g/mol. The van der Waals surface area contributed by atoms with Gasteiger partial charge in [-0.25, -0.2) is 11.4 Å². The zero-order valence-electron chi connectivity index (χ0n) is 15.5. The second kappa shape index (κ2) is 10.9. The van der Waals surface area contributed by atoms with Crippen molar-refractivity contribution in [3.05, 3.63) is 59.1 Å². The van der Waals surface area contributed by atoms with E-state index in [1.165, 1.54) is 6.26 Å². The molecule has 1 atom stereocenters. The molecule has 0 heterocycles. The fourth-order valence-electron chi connectivity index (χ4n) is 2.43. The summed E-state index contributed by atoms with van der Waals surface area (Å²) in [7, 11) is 0. The Hall–Kier alpha value is -2.81. The van der Waals surface area contributed by atoms with Gasteiger partial charge >= 0.3 is 17.5 Å². The molecule has 0 N–H and O–H groups in total. The number of nitrogens with zero attached hydrogens (tertiary/aromatic N) is 1. The van der Waals surface area contributed by atoms with Gasteiger partial charge in [-0.15, -0.1) is 0 Å². The van der Waals surface area contributed by atoms with Crippen molar-refractivity contribution >= 4 is 11.9 Å². The number of esters is 2. The van der Waals surface area contributed by atoms with Gasteiger partial charge in [-0.3, -0.25) is 9.64 Å². The maximum Gasteiger partial charge on any atom is 0.398 e. The molecule has 0 aromatic heterocycles. The Morgan fingerprint density at radius 1 is 1.12 bits per heavy atom. The van der Waals surface area contributed by atoms with Gasteiger partial charge in [-0.1, -0.05) is 37.3 Å². The largest absolute Gasteiger partial charge is 0.496 e. The molecular weight excluding hydrogens is 334 g/mol. The van der Waals surface area contributed by atoms with E-state index < -0.39 is 23.9 Å². The molecular formula is C20H25NO5. The summed E-state index contributed by atoms with van der Waals surface area (Å²) in [6, 6.07) is 9.51. The number of hydrogen-bond donors (Lipinski definition) is 0. The SMILES string of the molecule is [C-]#[N+]C(CC(=O)OCC)(C(=O)OCC)/C(=C/OCc1ccccc1)CC. The molecule has 0 amide bonds. The molecule has 1 aromatic carbocycles. The standard InChI is InChI=1S/C20H25NO5/c1-5-17(15-24-14-16-11-9-8-10-12-16)20(21-4,19(23)26-7-3)13-18(22)25-6-2/h8-12,15H,5-7,13-14H2,1-3H3/b17-15+. The monoisotopic (exact) mass is 359 g/mol. The van der Waals surface area contributed by atoms with Crippen LogP contribution in [0.2, 0.25) is 0 Å². The molecule has 0 spiro atoms. The highest BCUT2D eigenvalue weighted by atomic mass is 16.5. The first-order valence-electron chi connectivity index (χ1n) is 8.60.